The number of nitrogens with one attached hydrogen (secondary N) is 1. The van der Waals surface area contributed by atoms with Crippen LogP contribution in [0.3, 0.4) is 0 Å². The SMILES string of the molecule is COc1cc2c(c(OC)c1OC)C1=C(C=CC=C=C1)C(NC(C)=O)CC2.O=P(O)(O)O. The molecule has 1 aromatic carbocycles. The van der Waals surface area contributed by atoms with Gasteiger partial charge in [0.1, 0.15) is 0 Å². The summed E-state index contributed by atoms with van der Waals surface area (Å²) in [4.78, 5) is 33.3. The first kappa shape index (κ1) is 24.5. The molecule has 0 saturated heterocycles. The zero-order chi connectivity index (χ0) is 23.2. The molecule has 3 rings (SSSR count). The van der Waals surface area contributed by atoms with E-state index < -0.39 is 7.82 Å². The number of benzene rings is 1. The van der Waals surface area contributed by atoms with Crippen LogP contribution >= 0.6 is 7.82 Å². The summed E-state index contributed by atoms with van der Waals surface area (Å²) in [5.74, 6) is 1.77. The summed E-state index contributed by atoms with van der Waals surface area (Å²) in [5.41, 5.74) is 7.23. The number of allylic oxidation sites excluding steroid dienone is 3. The lowest BCUT2D eigenvalue weighted by molar-refractivity contribution is -0.119. The summed E-state index contributed by atoms with van der Waals surface area (Å²) in [7, 11) is 0.198. The van der Waals surface area contributed by atoms with Gasteiger partial charge in [-0.15, -0.1) is 5.73 Å². The molecular formula is C21H26NO8P. The van der Waals surface area contributed by atoms with Crippen molar-refractivity contribution in [1.29, 1.82) is 0 Å². The van der Waals surface area contributed by atoms with Gasteiger partial charge in [0.05, 0.1) is 27.4 Å². The molecule has 1 aromatic rings. The van der Waals surface area contributed by atoms with Gasteiger partial charge in [-0.25, -0.2) is 4.57 Å². The number of amides is 1. The standard InChI is InChI=1S/C21H23NO4.H3O4P/c1-13(23)22-17-11-10-14-12-18(24-2)20(25-3)21(26-4)19(14)16-9-7-5-6-8-15(16)17;1-5(2,3)4/h5-6,8-9,12,17H,10-11H2,1-4H3,(H,22,23);(H3,1,2,3,4). The van der Waals surface area contributed by atoms with Gasteiger partial charge in [0.15, 0.2) is 11.5 Å². The van der Waals surface area contributed by atoms with E-state index in [9.17, 15) is 4.79 Å². The minimum absolute atomic E-state index is 0.0514. The highest BCUT2D eigenvalue weighted by Crippen LogP contribution is 2.47. The second-order valence-corrected chi connectivity index (χ2v) is 7.72. The van der Waals surface area contributed by atoms with Gasteiger partial charge in [-0.2, -0.15) is 0 Å². The Bertz CT molecular complexity index is 1010. The molecule has 2 aliphatic carbocycles. The third-order valence-electron chi connectivity index (χ3n) is 4.64. The minimum atomic E-state index is -4.64. The summed E-state index contributed by atoms with van der Waals surface area (Å²) in [6.07, 6.45) is 9.30. The number of methoxy groups -OCH3 is 3. The number of ether oxygens (including phenoxy) is 3. The van der Waals surface area contributed by atoms with Crippen LogP contribution in [0.1, 0.15) is 24.5 Å². The van der Waals surface area contributed by atoms with E-state index >= 15 is 0 Å². The summed E-state index contributed by atoms with van der Waals surface area (Å²) < 4.78 is 25.7. The van der Waals surface area contributed by atoms with Crippen molar-refractivity contribution in [2.75, 3.05) is 21.3 Å². The van der Waals surface area contributed by atoms with Crippen molar-refractivity contribution >= 4 is 19.3 Å². The molecule has 4 N–H and O–H groups in total. The van der Waals surface area contributed by atoms with E-state index in [2.05, 4.69) is 11.0 Å². The quantitative estimate of drug-likeness (QED) is 0.405. The van der Waals surface area contributed by atoms with Crippen molar-refractivity contribution in [3.05, 3.63) is 52.8 Å². The van der Waals surface area contributed by atoms with Gasteiger partial charge < -0.3 is 34.2 Å². The highest BCUT2D eigenvalue weighted by atomic mass is 31.2. The lowest BCUT2D eigenvalue weighted by atomic mass is 9.93. The maximum atomic E-state index is 11.7. The monoisotopic (exact) mass is 451 g/mol. The Kier molecular flexibility index (Phi) is 8.28. The minimum Gasteiger partial charge on any atom is -0.493 e. The summed E-state index contributed by atoms with van der Waals surface area (Å²) >= 11 is 0. The molecule has 1 atom stereocenters. The maximum absolute atomic E-state index is 11.7. The Morgan fingerprint density at radius 2 is 1.81 bits per heavy atom. The lowest BCUT2D eigenvalue weighted by Gasteiger charge is -2.20. The molecule has 0 saturated carbocycles. The Morgan fingerprint density at radius 3 is 2.35 bits per heavy atom. The van der Waals surface area contributed by atoms with Crippen LogP contribution in [-0.4, -0.2) is 48.0 Å². The van der Waals surface area contributed by atoms with Crippen molar-refractivity contribution in [2.24, 2.45) is 0 Å². The number of rotatable bonds is 4. The molecule has 10 heteroatoms. The molecule has 31 heavy (non-hydrogen) atoms. The number of carbonyl (C=O) groups is 1. The zero-order valence-corrected chi connectivity index (χ0v) is 18.6. The average Bonchev–Trinajstić information content (AvgIpc) is 3.00. The first-order chi connectivity index (χ1) is 14.6. The highest BCUT2D eigenvalue weighted by Gasteiger charge is 2.29. The Morgan fingerprint density at radius 1 is 1.16 bits per heavy atom. The van der Waals surface area contributed by atoms with Gasteiger partial charge in [-0.05, 0) is 47.8 Å². The van der Waals surface area contributed by atoms with Crippen molar-refractivity contribution in [3.8, 4) is 17.2 Å². The molecule has 0 bridgehead atoms. The molecule has 0 fully saturated rings. The van der Waals surface area contributed by atoms with E-state index in [4.69, 9.17) is 33.5 Å². The second kappa shape index (κ2) is 10.5. The normalized spacial score (nSPS) is 16.8. The first-order valence-electron chi connectivity index (χ1n) is 9.31. The van der Waals surface area contributed by atoms with Crippen LogP contribution in [0.4, 0.5) is 0 Å². The molecule has 0 aromatic heterocycles. The number of carbonyl (C=O) groups excluding carboxylic acids is 1. The van der Waals surface area contributed by atoms with E-state index in [1.165, 1.54) is 0 Å². The van der Waals surface area contributed by atoms with Crippen LogP contribution in [0.25, 0.3) is 5.57 Å². The van der Waals surface area contributed by atoms with Gasteiger partial charge in [0.25, 0.3) is 0 Å². The number of hydrogen-bond donors (Lipinski definition) is 4. The van der Waals surface area contributed by atoms with Crippen LogP contribution in [-0.2, 0) is 15.8 Å². The van der Waals surface area contributed by atoms with Crippen molar-refractivity contribution in [2.45, 2.75) is 25.8 Å². The van der Waals surface area contributed by atoms with Gasteiger partial charge in [-0.1, -0.05) is 12.2 Å². The summed E-state index contributed by atoms with van der Waals surface area (Å²) in [6.45, 7) is 1.54. The maximum Gasteiger partial charge on any atom is 0.466 e. The Hall–Kier alpha value is -2.80. The molecule has 168 valence electrons. The summed E-state index contributed by atoms with van der Waals surface area (Å²) in [5, 5.41) is 3.07. The number of aryl methyl sites for hydroxylation is 1. The molecule has 0 aliphatic heterocycles. The van der Waals surface area contributed by atoms with Gasteiger partial charge in [0, 0.05) is 12.5 Å². The zero-order valence-electron chi connectivity index (χ0n) is 17.7. The molecule has 1 amide bonds. The first-order valence-corrected chi connectivity index (χ1v) is 10.9. The Labute approximate surface area is 180 Å². The third-order valence-corrected chi connectivity index (χ3v) is 4.64. The van der Waals surface area contributed by atoms with E-state index in [1.54, 1.807) is 28.3 Å². The fourth-order valence-electron chi connectivity index (χ4n) is 3.58. The van der Waals surface area contributed by atoms with Crippen LogP contribution in [0, 0.1) is 0 Å². The van der Waals surface area contributed by atoms with Gasteiger partial charge in [0.2, 0.25) is 11.7 Å². The molecule has 0 radical (unpaired) electrons. The molecule has 0 spiro atoms. The Balaban J connectivity index is 0.000000614. The fraction of sp³-hybridized carbons (Fsp3) is 0.333. The number of phosphoric acid groups is 1. The molecule has 9 nitrogen and oxygen atoms in total. The lowest BCUT2D eigenvalue weighted by Crippen LogP contribution is -2.34. The molecular weight excluding hydrogens is 425 g/mol. The predicted octanol–water partition coefficient (Wildman–Crippen LogP) is 2.27. The predicted molar refractivity (Wildman–Crippen MR) is 115 cm³/mol. The van der Waals surface area contributed by atoms with E-state index in [-0.39, 0.29) is 11.9 Å². The van der Waals surface area contributed by atoms with Crippen molar-refractivity contribution in [1.82, 2.24) is 5.32 Å². The molecule has 0 heterocycles. The number of hydrogen-bond acceptors (Lipinski definition) is 5. The van der Waals surface area contributed by atoms with E-state index in [1.807, 2.05) is 30.4 Å². The summed E-state index contributed by atoms with van der Waals surface area (Å²) in [6, 6.07) is 1.90. The highest BCUT2D eigenvalue weighted by molar-refractivity contribution is 7.45. The smallest absolute Gasteiger partial charge is 0.466 e. The van der Waals surface area contributed by atoms with Crippen molar-refractivity contribution < 1.29 is 38.3 Å². The van der Waals surface area contributed by atoms with E-state index in [0.717, 1.165) is 35.1 Å². The van der Waals surface area contributed by atoms with Gasteiger partial charge >= 0.3 is 7.82 Å². The second-order valence-electron chi connectivity index (χ2n) is 6.69. The molecule has 1 unspecified atom stereocenters. The number of fused-ring (bicyclic) bond motifs is 2. The van der Waals surface area contributed by atoms with Gasteiger partial charge in [-0.3, -0.25) is 4.79 Å². The van der Waals surface area contributed by atoms with Crippen LogP contribution in [0.15, 0.2) is 41.7 Å². The fourth-order valence-corrected chi connectivity index (χ4v) is 3.58. The van der Waals surface area contributed by atoms with Crippen LogP contribution < -0.4 is 19.5 Å². The third kappa shape index (κ3) is 6.34. The molecule has 2 aliphatic rings. The van der Waals surface area contributed by atoms with Crippen LogP contribution in [0.5, 0.6) is 17.2 Å². The van der Waals surface area contributed by atoms with Crippen molar-refractivity contribution in [3.63, 3.8) is 0 Å². The average molecular weight is 451 g/mol. The van der Waals surface area contributed by atoms with E-state index in [0.29, 0.717) is 17.2 Å². The topological polar surface area (TPSA) is 135 Å². The largest absolute Gasteiger partial charge is 0.493 e. The van der Waals surface area contributed by atoms with Crippen LogP contribution in [0.2, 0.25) is 0 Å².